The first-order valence-corrected chi connectivity index (χ1v) is 4.79. The van der Waals surface area contributed by atoms with Crippen LogP contribution in [0.15, 0.2) is 0 Å². The van der Waals surface area contributed by atoms with Gasteiger partial charge in [0.2, 0.25) is 0 Å². The van der Waals surface area contributed by atoms with Gasteiger partial charge in [-0.1, -0.05) is 13.3 Å². The fourth-order valence-corrected chi connectivity index (χ4v) is 1.05. The highest BCUT2D eigenvalue weighted by atomic mass is 32.2. The van der Waals surface area contributed by atoms with Gasteiger partial charge in [-0.25, -0.2) is 8.42 Å². The second-order valence-corrected chi connectivity index (χ2v) is 3.10. The molecule has 0 radical (unpaired) electrons. The number of hydrogen-bond donors (Lipinski definition) is 2. The Morgan fingerprint density at radius 1 is 1.45 bits per heavy atom. The lowest BCUT2D eigenvalue weighted by Crippen LogP contribution is -2.21. The average Bonchev–Trinajstić information content (AvgIpc) is 1.87. The number of thiol groups is 1. The van der Waals surface area contributed by atoms with E-state index >= 15 is 0 Å². The summed E-state index contributed by atoms with van der Waals surface area (Å²) in [4.78, 5) is 0. The van der Waals surface area contributed by atoms with Gasteiger partial charge in [-0.15, -0.1) is 0 Å². The fourth-order valence-electron chi connectivity index (χ4n) is 0.794. The van der Waals surface area contributed by atoms with Crippen molar-refractivity contribution in [3.05, 3.63) is 0 Å². The topological polar surface area (TPSA) is 69.4 Å². The van der Waals surface area contributed by atoms with E-state index in [0.717, 1.165) is 12.8 Å². The normalized spacial score (nSPS) is 13.7. The van der Waals surface area contributed by atoms with Crippen LogP contribution in [0.5, 0.6) is 0 Å². The summed E-state index contributed by atoms with van der Waals surface area (Å²) in [5.41, 5.74) is 5.59. The first-order chi connectivity index (χ1) is 5.16. The summed E-state index contributed by atoms with van der Waals surface area (Å²) >= 11 is 0. The van der Waals surface area contributed by atoms with Crippen LogP contribution in [-0.4, -0.2) is 21.1 Å². The second kappa shape index (κ2) is 6.57. The molecule has 2 N–H and O–H groups in total. The van der Waals surface area contributed by atoms with Gasteiger partial charge < -0.3 is 5.73 Å². The number of hydrogen-bond acceptors (Lipinski definition) is 4. The Hall–Kier alpha value is -0.130. The Morgan fingerprint density at radius 3 is 2.55 bits per heavy atom. The zero-order valence-corrected chi connectivity index (χ0v) is 7.55. The number of nitrogens with two attached hydrogens (primary N) is 1. The smallest absolute Gasteiger partial charge is 0.257 e. The molecular weight excluding hydrogens is 166 g/mol. The Bertz CT molecular complexity index is 150. The molecule has 1 atom stereocenters. The molecule has 0 amide bonds. The molecule has 0 rings (SSSR count). The average molecular weight is 181 g/mol. The quantitative estimate of drug-likeness (QED) is 0.568. The highest BCUT2D eigenvalue weighted by molar-refractivity contribution is 7.67. The van der Waals surface area contributed by atoms with Crippen LogP contribution in [0, 0.1) is 0 Å². The van der Waals surface area contributed by atoms with Crippen LogP contribution in [0.25, 0.3) is 0 Å². The maximum atomic E-state index is 9.91. The second-order valence-electron chi connectivity index (χ2n) is 2.39. The predicted molar refractivity (Wildman–Crippen MR) is 43.8 cm³/mol. The van der Waals surface area contributed by atoms with E-state index in [2.05, 4.69) is 4.18 Å². The van der Waals surface area contributed by atoms with Crippen molar-refractivity contribution in [2.75, 3.05) is 6.61 Å². The minimum absolute atomic E-state index is 0.0648. The molecule has 0 heterocycles. The van der Waals surface area contributed by atoms with Crippen LogP contribution in [0.4, 0.5) is 0 Å². The van der Waals surface area contributed by atoms with E-state index in [1.165, 1.54) is 0 Å². The fraction of sp³-hybridized carbons (Fsp3) is 1.00. The lowest BCUT2D eigenvalue weighted by atomic mass is 10.1. The molecule has 0 saturated heterocycles. The maximum absolute atomic E-state index is 9.91. The van der Waals surface area contributed by atoms with Gasteiger partial charge in [0, 0.05) is 6.04 Å². The molecule has 0 fully saturated rings. The minimum Gasteiger partial charge on any atom is -0.328 e. The summed E-state index contributed by atoms with van der Waals surface area (Å²) in [6, 6.07) is 0.0648. The Balaban J connectivity index is 3.23. The van der Waals surface area contributed by atoms with Gasteiger partial charge in [-0.3, -0.25) is 4.18 Å². The highest BCUT2D eigenvalue weighted by Crippen LogP contribution is 1.97. The third-order valence-corrected chi connectivity index (χ3v) is 1.74. The molecule has 0 aliphatic rings. The lowest BCUT2D eigenvalue weighted by Gasteiger charge is -2.07. The number of rotatable bonds is 6. The molecule has 0 aliphatic heterocycles. The zero-order chi connectivity index (χ0) is 8.69. The van der Waals surface area contributed by atoms with Crippen LogP contribution in [-0.2, 0) is 15.2 Å². The van der Waals surface area contributed by atoms with Crippen molar-refractivity contribution in [3.8, 4) is 0 Å². The van der Waals surface area contributed by atoms with Gasteiger partial charge in [0.05, 0.1) is 6.61 Å². The van der Waals surface area contributed by atoms with Gasteiger partial charge in [-0.2, -0.15) is 0 Å². The van der Waals surface area contributed by atoms with E-state index in [-0.39, 0.29) is 12.6 Å². The van der Waals surface area contributed by atoms with E-state index in [4.69, 9.17) is 5.73 Å². The van der Waals surface area contributed by atoms with E-state index in [1.807, 2.05) is 6.92 Å². The SMILES string of the molecule is CCCC(N)CCO[SH](=O)=O. The molecule has 4 nitrogen and oxygen atoms in total. The van der Waals surface area contributed by atoms with Gasteiger partial charge >= 0.3 is 0 Å². The van der Waals surface area contributed by atoms with Gasteiger partial charge in [0.1, 0.15) is 0 Å². The van der Waals surface area contributed by atoms with Crippen molar-refractivity contribution in [2.45, 2.75) is 32.2 Å². The van der Waals surface area contributed by atoms with Crippen molar-refractivity contribution in [3.63, 3.8) is 0 Å². The standard InChI is InChI=1S/C6H15NO3S/c1-2-3-6(7)4-5-10-11(8)9/h6,11H,2-5,7H2,1H3. The van der Waals surface area contributed by atoms with E-state index in [1.54, 1.807) is 0 Å². The summed E-state index contributed by atoms with van der Waals surface area (Å²) in [5.74, 6) is 0. The molecule has 68 valence electrons. The van der Waals surface area contributed by atoms with Crippen LogP contribution < -0.4 is 5.73 Å². The summed E-state index contributed by atoms with van der Waals surface area (Å²) in [6.07, 6.45) is 2.54. The molecule has 11 heavy (non-hydrogen) atoms. The molecule has 0 aromatic heterocycles. The van der Waals surface area contributed by atoms with Crippen LogP contribution in [0.3, 0.4) is 0 Å². The lowest BCUT2D eigenvalue weighted by molar-refractivity contribution is 0.309. The van der Waals surface area contributed by atoms with Gasteiger partial charge in [0.25, 0.3) is 11.0 Å². The van der Waals surface area contributed by atoms with E-state index in [9.17, 15) is 8.42 Å². The van der Waals surface area contributed by atoms with Crippen LogP contribution in [0.2, 0.25) is 0 Å². The van der Waals surface area contributed by atoms with Crippen LogP contribution in [0.1, 0.15) is 26.2 Å². The van der Waals surface area contributed by atoms with Crippen molar-refractivity contribution in [1.82, 2.24) is 0 Å². The van der Waals surface area contributed by atoms with E-state index in [0.29, 0.717) is 6.42 Å². The molecule has 5 heteroatoms. The Labute approximate surface area is 68.9 Å². The third-order valence-electron chi connectivity index (χ3n) is 1.34. The van der Waals surface area contributed by atoms with Crippen molar-refractivity contribution in [1.29, 1.82) is 0 Å². The molecule has 0 aliphatic carbocycles. The summed E-state index contributed by atoms with van der Waals surface area (Å²) in [7, 11) is -2.70. The maximum Gasteiger partial charge on any atom is 0.257 e. The molecule has 1 unspecified atom stereocenters. The Kier molecular flexibility index (Phi) is 6.49. The molecule has 0 spiro atoms. The molecule has 0 aromatic carbocycles. The third kappa shape index (κ3) is 7.77. The van der Waals surface area contributed by atoms with Gasteiger partial charge in [0.15, 0.2) is 0 Å². The Morgan fingerprint density at radius 2 is 2.09 bits per heavy atom. The largest absolute Gasteiger partial charge is 0.328 e. The minimum atomic E-state index is -2.70. The predicted octanol–water partition coefficient (Wildman–Crippen LogP) is 0.0469. The van der Waals surface area contributed by atoms with Crippen molar-refractivity contribution >= 4 is 11.0 Å². The summed E-state index contributed by atoms with van der Waals surface area (Å²) in [6.45, 7) is 2.24. The molecule has 0 aromatic rings. The van der Waals surface area contributed by atoms with Crippen molar-refractivity contribution in [2.24, 2.45) is 5.73 Å². The molecule has 0 saturated carbocycles. The highest BCUT2D eigenvalue weighted by Gasteiger charge is 2.00. The first kappa shape index (κ1) is 10.9. The monoisotopic (exact) mass is 181 g/mol. The van der Waals surface area contributed by atoms with E-state index < -0.39 is 11.0 Å². The zero-order valence-electron chi connectivity index (χ0n) is 6.66. The van der Waals surface area contributed by atoms with Crippen molar-refractivity contribution < 1.29 is 12.6 Å². The van der Waals surface area contributed by atoms with Crippen LogP contribution >= 0.6 is 0 Å². The summed E-state index contributed by atoms with van der Waals surface area (Å²) in [5, 5.41) is 0. The van der Waals surface area contributed by atoms with Gasteiger partial charge in [-0.05, 0) is 12.8 Å². The molecule has 0 bridgehead atoms. The first-order valence-electron chi connectivity index (χ1n) is 3.69. The molecular formula is C6H15NO3S. The summed E-state index contributed by atoms with van der Waals surface area (Å²) < 4.78 is 24.2.